The largest absolute Gasteiger partial charge is 0.452 e. The fourth-order valence-corrected chi connectivity index (χ4v) is 9.71. The standard InChI is InChI=1S/C54H42N2O/c1-53(2)44-23-12-11-22-42(44)43-28-26-39(33-47(43)53)55(38-21-15-20-37(32-38)35-16-7-5-8-17-35)40-27-31-50-49(34-40)56-48-25-14-13-24-45(48)54(3,4)46-30-29-41(52(57-50)51(46)56)36-18-9-6-10-19-36/h5-34H,1-4H3. The van der Waals surface area contributed by atoms with Crippen molar-refractivity contribution in [3.05, 3.63) is 204 Å². The molecule has 0 bridgehead atoms. The van der Waals surface area contributed by atoms with E-state index in [1.54, 1.807) is 0 Å². The Kier molecular flexibility index (Phi) is 7.25. The minimum Gasteiger partial charge on any atom is -0.452 e. The molecule has 8 aromatic rings. The number of benzene rings is 8. The third-order valence-electron chi connectivity index (χ3n) is 12.6. The van der Waals surface area contributed by atoms with Gasteiger partial charge in [0.1, 0.15) is 0 Å². The first-order valence-electron chi connectivity index (χ1n) is 19.9. The highest BCUT2D eigenvalue weighted by atomic mass is 16.5. The predicted molar refractivity (Wildman–Crippen MR) is 236 cm³/mol. The van der Waals surface area contributed by atoms with Crippen molar-refractivity contribution in [2.75, 3.05) is 9.80 Å². The van der Waals surface area contributed by atoms with Crippen molar-refractivity contribution in [1.82, 2.24) is 0 Å². The Labute approximate surface area is 335 Å². The van der Waals surface area contributed by atoms with Crippen LogP contribution in [0.2, 0.25) is 0 Å². The maximum Gasteiger partial charge on any atom is 0.159 e. The lowest BCUT2D eigenvalue weighted by molar-refractivity contribution is 0.473. The second-order valence-corrected chi connectivity index (χ2v) is 16.6. The van der Waals surface area contributed by atoms with Gasteiger partial charge in [0.2, 0.25) is 0 Å². The van der Waals surface area contributed by atoms with E-state index in [9.17, 15) is 0 Å². The first kappa shape index (κ1) is 33.5. The number of nitrogens with zero attached hydrogens (tertiary/aromatic N) is 2. The molecular weight excluding hydrogens is 693 g/mol. The number of anilines is 6. The van der Waals surface area contributed by atoms with Crippen LogP contribution in [-0.4, -0.2) is 0 Å². The van der Waals surface area contributed by atoms with Crippen molar-refractivity contribution in [1.29, 1.82) is 0 Å². The molecule has 3 heteroatoms. The van der Waals surface area contributed by atoms with Crippen LogP contribution in [0, 0.1) is 0 Å². The summed E-state index contributed by atoms with van der Waals surface area (Å²) in [6.45, 7) is 9.38. The monoisotopic (exact) mass is 734 g/mol. The zero-order chi connectivity index (χ0) is 38.5. The number of ether oxygens (including phenoxy) is 1. The van der Waals surface area contributed by atoms with E-state index in [1.807, 2.05) is 0 Å². The first-order chi connectivity index (χ1) is 27.8. The Morgan fingerprint density at radius 2 is 1.00 bits per heavy atom. The van der Waals surface area contributed by atoms with Gasteiger partial charge in [-0.2, -0.15) is 0 Å². The van der Waals surface area contributed by atoms with Crippen LogP contribution in [0.25, 0.3) is 33.4 Å². The average molecular weight is 735 g/mol. The topological polar surface area (TPSA) is 15.7 Å². The van der Waals surface area contributed by atoms with Crippen LogP contribution in [0.1, 0.15) is 49.9 Å². The first-order valence-corrected chi connectivity index (χ1v) is 19.9. The van der Waals surface area contributed by atoms with Crippen molar-refractivity contribution in [3.63, 3.8) is 0 Å². The molecule has 3 nitrogen and oxygen atoms in total. The van der Waals surface area contributed by atoms with Crippen LogP contribution >= 0.6 is 0 Å². The van der Waals surface area contributed by atoms with Gasteiger partial charge in [0.15, 0.2) is 11.5 Å². The summed E-state index contributed by atoms with van der Waals surface area (Å²) in [5, 5.41) is 0. The molecule has 0 spiro atoms. The lowest BCUT2D eigenvalue weighted by Gasteiger charge is -2.45. The van der Waals surface area contributed by atoms with E-state index in [4.69, 9.17) is 4.74 Å². The molecule has 2 heterocycles. The highest BCUT2D eigenvalue weighted by Crippen LogP contribution is 2.62. The van der Waals surface area contributed by atoms with E-state index in [1.165, 1.54) is 50.2 Å². The summed E-state index contributed by atoms with van der Waals surface area (Å²) < 4.78 is 7.10. The minimum absolute atomic E-state index is 0.135. The van der Waals surface area contributed by atoms with Gasteiger partial charge in [0.05, 0.1) is 17.1 Å². The van der Waals surface area contributed by atoms with Crippen LogP contribution in [-0.2, 0) is 10.8 Å². The van der Waals surface area contributed by atoms with Crippen molar-refractivity contribution >= 4 is 34.1 Å². The van der Waals surface area contributed by atoms with E-state index < -0.39 is 0 Å². The van der Waals surface area contributed by atoms with Gasteiger partial charge in [0, 0.05) is 33.5 Å². The molecule has 2 aliphatic heterocycles. The molecule has 0 fully saturated rings. The summed E-state index contributed by atoms with van der Waals surface area (Å²) in [7, 11) is 0. The molecule has 1 aliphatic carbocycles. The van der Waals surface area contributed by atoms with Crippen LogP contribution in [0.3, 0.4) is 0 Å². The van der Waals surface area contributed by atoms with Crippen molar-refractivity contribution in [2.45, 2.75) is 38.5 Å². The third-order valence-corrected chi connectivity index (χ3v) is 12.6. The summed E-state index contributed by atoms with van der Waals surface area (Å²) in [4.78, 5) is 4.88. The molecule has 0 unspecified atom stereocenters. The Morgan fingerprint density at radius 3 is 1.81 bits per heavy atom. The Hall–Kier alpha value is -6.84. The second kappa shape index (κ2) is 12.3. The summed E-state index contributed by atoms with van der Waals surface area (Å²) in [6, 6.07) is 66.2. The van der Waals surface area contributed by atoms with E-state index >= 15 is 0 Å². The Balaban J connectivity index is 1.13. The molecule has 0 atom stereocenters. The summed E-state index contributed by atoms with van der Waals surface area (Å²) in [5.41, 5.74) is 18.7. The molecule has 3 aliphatic rings. The van der Waals surface area contributed by atoms with Gasteiger partial charge >= 0.3 is 0 Å². The SMILES string of the molecule is CC1(C)c2ccccc2-c2ccc(N(c3cccc(-c4ccccc4)c3)c3ccc4c(c3)N3c5ccccc5C(C)(C)c5ccc(-c6ccccc6)c(c53)O4)cc21. The smallest absolute Gasteiger partial charge is 0.159 e. The van der Waals surface area contributed by atoms with Crippen molar-refractivity contribution < 1.29 is 4.74 Å². The van der Waals surface area contributed by atoms with Crippen molar-refractivity contribution in [3.8, 4) is 44.9 Å². The number of rotatable bonds is 5. The molecule has 0 aromatic heterocycles. The molecule has 0 radical (unpaired) electrons. The molecule has 0 saturated heterocycles. The number of hydrogen-bond acceptors (Lipinski definition) is 3. The maximum absolute atomic E-state index is 7.10. The molecule has 57 heavy (non-hydrogen) atoms. The van der Waals surface area contributed by atoms with Gasteiger partial charge in [-0.3, -0.25) is 0 Å². The van der Waals surface area contributed by atoms with Gasteiger partial charge in [-0.15, -0.1) is 0 Å². The minimum atomic E-state index is -0.233. The molecule has 11 rings (SSSR count). The zero-order valence-electron chi connectivity index (χ0n) is 32.6. The lowest BCUT2D eigenvalue weighted by atomic mass is 9.72. The number of hydrogen-bond donors (Lipinski definition) is 0. The average Bonchev–Trinajstić information content (AvgIpc) is 3.48. The molecule has 0 amide bonds. The van der Waals surface area contributed by atoms with Crippen LogP contribution in [0.15, 0.2) is 182 Å². The fraction of sp³-hybridized carbons (Fsp3) is 0.111. The van der Waals surface area contributed by atoms with Gasteiger partial charge < -0.3 is 14.5 Å². The third kappa shape index (κ3) is 4.98. The fourth-order valence-electron chi connectivity index (χ4n) is 9.71. The predicted octanol–water partition coefficient (Wildman–Crippen LogP) is 15.0. The van der Waals surface area contributed by atoms with Gasteiger partial charge in [0.25, 0.3) is 0 Å². The summed E-state index contributed by atoms with van der Waals surface area (Å²) in [5.74, 6) is 1.73. The van der Waals surface area contributed by atoms with Gasteiger partial charge in [-0.1, -0.05) is 161 Å². The van der Waals surface area contributed by atoms with Crippen molar-refractivity contribution in [2.24, 2.45) is 0 Å². The quantitative estimate of drug-likeness (QED) is 0.175. The highest BCUT2D eigenvalue weighted by molar-refractivity contribution is 5.98. The lowest BCUT2D eigenvalue weighted by Crippen LogP contribution is -2.32. The summed E-state index contributed by atoms with van der Waals surface area (Å²) >= 11 is 0. The van der Waals surface area contributed by atoms with E-state index in [0.29, 0.717) is 0 Å². The number of para-hydroxylation sites is 1. The number of fused-ring (bicyclic) bond motifs is 7. The van der Waals surface area contributed by atoms with Gasteiger partial charge in [-0.05, 0) is 98.6 Å². The Bertz CT molecular complexity index is 2890. The molecule has 0 saturated carbocycles. The van der Waals surface area contributed by atoms with Crippen LogP contribution in [0.5, 0.6) is 11.5 Å². The highest BCUT2D eigenvalue weighted by Gasteiger charge is 2.43. The van der Waals surface area contributed by atoms with Crippen LogP contribution in [0.4, 0.5) is 34.1 Å². The zero-order valence-corrected chi connectivity index (χ0v) is 32.6. The normalized spacial score (nSPS) is 14.7. The van der Waals surface area contributed by atoms with Gasteiger partial charge in [-0.25, -0.2) is 0 Å². The summed E-state index contributed by atoms with van der Waals surface area (Å²) in [6.07, 6.45) is 0. The van der Waals surface area contributed by atoms with Crippen LogP contribution < -0.4 is 14.5 Å². The van der Waals surface area contributed by atoms with E-state index in [2.05, 4.69) is 219 Å². The molecule has 0 N–H and O–H groups in total. The molecular formula is C54H42N2O. The maximum atomic E-state index is 7.10. The molecule has 8 aromatic carbocycles. The van der Waals surface area contributed by atoms with E-state index in [0.717, 1.165) is 51.1 Å². The Morgan fingerprint density at radius 1 is 0.404 bits per heavy atom. The van der Waals surface area contributed by atoms with E-state index in [-0.39, 0.29) is 10.8 Å². The second-order valence-electron chi connectivity index (χ2n) is 16.6. The molecule has 274 valence electrons.